The average Bonchev–Trinajstić information content (AvgIpc) is 3.37. The Morgan fingerprint density at radius 2 is 2.00 bits per heavy atom. The average molecular weight is 539 g/mol. The lowest BCUT2D eigenvalue weighted by atomic mass is 9.90. The minimum atomic E-state index is -0.593. The summed E-state index contributed by atoms with van der Waals surface area (Å²) in [5.41, 5.74) is 7.10. The molecule has 1 spiro atoms. The molecular weight excluding hydrogens is 507 g/mol. The Balaban J connectivity index is 0.947. The lowest BCUT2D eigenvalue weighted by molar-refractivity contribution is -0.118. The molecule has 1 saturated carbocycles. The fraction of sp³-hybridized carbons (Fsp3) is 0.556. The SMILES string of the molecule is NC1(COc2cc(F)c3c(c2)CC(CN2CCC4(CC2)CN(c2cnc5c(n2)NC(=O)CO5)C(=O)O4)C3)CC1. The Labute approximate surface area is 224 Å². The smallest absolute Gasteiger partial charge is 0.416 e. The van der Waals surface area contributed by atoms with Crippen LogP contribution in [0.25, 0.3) is 0 Å². The van der Waals surface area contributed by atoms with Crippen molar-refractivity contribution in [1.29, 1.82) is 0 Å². The minimum Gasteiger partial charge on any atom is -0.492 e. The molecule has 2 amide bonds. The number of carbonyl (C=O) groups excluding carboxylic acids is 2. The molecule has 12 heteroatoms. The number of halogens is 1. The van der Waals surface area contributed by atoms with Crippen molar-refractivity contribution in [3.05, 3.63) is 35.3 Å². The zero-order chi connectivity index (χ0) is 26.8. The van der Waals surface area contributed by atoms with Crippen LogP contribution in [0.5, 0.6) is 11.6 Å². The highest BCUT2D eigenvalue weighted by atomic mass is 19.1. The molecule has 1 aromatic heterocycles. The van der Waals surface area contributed by atoms with Gasteiger partial charge < -0.3 is 30.2 Å². The van der Waals surface area contributed by atoms with Gasteiger partial charge in [0.15, 0.2) is 18.2 Å². The Hall–Kier alpha value is -3.51. The maximum absolute atomic E-state index is 14.8. The van der Waals surface area contributed by atoms with Crippen LogP contribution in [-0.2, 0) is 22.4 Å². The maximum atomic E-state index is 14.8. The molecule has 4 heterocycles. The molecule has 1 aromatic carbocycles. The first-order valence-corrected chi connectivity index (χ1v) is 13.5. The molecule has 39 heavy (non-hydrogen) atoms. The van der Waals surface area contributed by atoms with Crippen LogP contribution in [0.2, 0.25) is 0 Å². The van der Waals surface area contributed by atoms with Gasteiger partial charge in [0.1, 0.15) is 23.8 Å². The number of fused-ring (bicyclic) bond motifs is 2. The van der Waals surface area contributed by atoms with E-state index in [2.05, 4.69) is 20.2 Å². The van der Waals surface area contributed by atoms with E-state index in [0.29, 0.717) is 49.9 Å². The predicted octanol–water partition coefficient (Wildman–Crippen LogP) is 2.02. The zero-order valence-electron chi connectivity index (χ0n) is 21.6. The second-order valence-electron chi connectivity index (χ2n) is 11.6. The van der Waals surface area contributed by atoms with E-state index < -0.39 is 11.7 Å². The monoisotopic (exact) mass is 538 g/mol. The van der Waals surface area contributed by atoms with E-state index in [0.717, 1.165) is 50.0 Å². The number of ether oxygens (including phenoxy) is 3. The van der Waals surface area contributed by atoms with Crippen LogP contribution in [-0.4, -0.2) is 77.4 Å². The third-order valence-electron chi connectivity index (χ3n) is 8.54. The van der Waals surface area contributed by atoms with Crippen LogP contribution >= 0.6 is 0 Å². The van der Waals surface area contributed by atoms with Crippen LogP contribution in [0.4, 0.5) is 20.8 Å². The molecule has 206 valence electrons. The van der Waals surface area contributed by atoms with Gasteiger partial charge in [-0.2, -0.15) is 0 Å². The summed E-state index contributed by atoms with van der Waals surface area (Å²) in [6.07, 6.45) is 5.81. The highest BCUT2D eigenvalue weighted by molar-refractivity contribution is 5.94. The van der Waals surface area contributed by atoms with E-state index in [1.165, 1.54) is 17.2 Å². The lowest BCUT2D eigenvalue weighted by Crippen LogP contribution is -2.48. The topological polar surface area (TPSA) is 132 Å². The number of hydrogen-bond acceptors (Lipinski definition) is 9. The van der Waals surface area contributed by atoms with Gasteiger partial charge >= 0.3 is 6.09 Å². The Morgan fingerprint density at radius 3 is 2.79 bits per heavy atom. The predicted molar refractivity (Wildman–Crippen MR) is 137 cm³/mol. The Morgan fingerprint density at radius 1 is 1.18 bits per heavy atom. The number of anilines is 2. The van der Waals surface area contributed by atoms with Crippen LogP contribution in [0, 0.1) is 11.7 Å². The van der Waals surface area contributed by atoms with Crippen LogP contribution in [0.3, 0.4) is 0 Å². The van der Waals surface area contributed by atoms with Crippen molar-refractivity contribution in [1.82, 2.24) is 14.9 Å². The third kappa shape index (κ3) is 4.76. The first-order chi connectivity index (χ1) is 18.8. The van der Waals surface area contributed by atoms with Crippen molar-refractivity contribution in [2.24, 2.45) is 11.7 Å². The standard InChI is InChI=1S/C27H31FN6O5/c28-20-10-18(38-15-26(29)1-2-26)9-17-7-16(8-19(17)20)12-33-5-3-27(4-6-33)14-34(25(36)39-27)21-11-30-24-23(31-21)32-22(35)13-37-24/h9-11,16H,1-8,12-15,29H2,(H,31,32,35). The number of likely N-dealkylation sites (tertiary alicyclic amines) is 1. The second kappa shape index (κ2) is 9.02. The van der Waals surface area contributed by atoms with Crippen LogP contribution in [0.15, 0.2) is 18.3 Å². The van der Waals surface area contributed by atoms with Crippen molar-refractivity contribution in [3.63, 3.8) is 0 Å². The largest absolute Gasteiger partial charge is 0.492 e. The number of nitrogens with two attached hydrogens (primary N) is 1. The van der Waals surface area contributed by atoms with E-state index in [-0.39, 0.29) is 35.6 Å². The number of nitrogens with zero attached hydrogens (tertiary/aromatic N) is 4. The number of hydrogen-bond donors (Lipinski definition) is 2. The third-order valence-corrected chi connectivity index (χ3v) is 8.54. The molecular formula is C27H31FN6O5. The zero-order valence-corrected chi connectivity index (χ0v) is 21.6. The number of aromatic nitrogens is 2. The van der Waals surface area contributed by atoms with Crippen molar-refractivity contribution in [2.45, 2.75) is 49.7 Å². The summed E-state index contributed by atoms with van der Waals surface area (Å²) >= 11 is 0. The normalized spacial score (nSPS) is 24.6. The van der Waals surface area contributed by atoms with Gasteiger partial charge in [-0.25, -0.2) is 19.2 Å². The molecule has 7 rings (SSSR count). The summed E-state index contributed by atoms with van der Waals surface area (Å²) in [6, 6.07) is 3.47. The summed E-state index contributed by atoms with van der Waals surface area (Å²) in [5, 5.41) is 2.62. The Kier molecular flexibility index (Phi) is 5.67. The number of amides is 2. The van der Waals surface area contributed by atoms with Crippen molar-refractivity contribution in [2.75, 3.05) is 49.6 Å². The van der Waals surface area contributed by atoms with Gasteiger partial charge in [0.2, 0.25) is 0 Å². The fourth-order valence-electron chi connectivity index (χ4n) is 6.05. The maximum Gasteiger partial charge on any atom is 0.416 e. The van der Waals surface area contributed by atoms with Crippen LogP contribution in [0.1, 0.15) is 36.8 Å². The van der Waals surface area contributed by atoms with Crippen molar-refractivity contribution < 1.29 is 28.2 Å². The highest BCUT2D eigenvalue weighted by Gasteiger charge is 2.48. The van der Waals surface area contributed by atoms with E-state index in [1.54, 1.807) is 0 Å². The Bertz CT molecular complexity index is 1340. The number of benzene rings is 1. The minimum absolute atomic E-state index is 0.112. The summed E-state index contributed by atoms with van der Waals surface area (Å²) in [7, 11) is 0. The summed E-state index contributed by atoms with van der Waals surface area (Å²) in [4.78, 5) is 36.8. The molecule has 3 N–H and O–H groups in total. The van der Waals surface area contributed by atoms with Crippen molar-refractivity contribution in [3.8, 4) is 11.6 Å². The molecule has 2 saturated heterocycles. The van der Waals surface area contributed by atoms with Gasteiger partial charge in [-0.1, -0.05) is 0 Å². The van der Waals surface area contributed by atoms with E-state index in [9.17, 15) is 14.0 Å². The lowest BCUT2D eigenvalue weighted by Gasteiger charge is -2.38. The van der Waals surface area contributed by atoms with Gasteiger partial charge in [0.25, 0.3) is 11.8 Å². The quantitative estimate of drug-likeness (QED) is 0.567. The number of piperidine rings is 1. The second-order valence-corrected chi connectivity index (χ2v) is 11.6. The van der Waals surface area contributed by atoms with E-state index in [4.69, 9.17) is 19.9 Å². The molecule has 0 bridgehead atoms. The summed E-state index contributed by atoms with van der Waals surface area (Å²) < 4.78 is 31.8. The molecule has 5 aliphatic rings. The molecule has 2 aromatic rings. The molecule has 2 aliphatic carbocycles. The molecule has 1 unspecified atom stereocenters. The van der Waals surface area contributed by atoms with Gasteiger partial charge in [0.05, 0.1) is 18.3 Å². The first kappa shape index (κ1) is 24.5. The molecule has 11 nitrogen and oxygen atoms in total. The summed E-state index contributed by atoms with van der Waals surface area (Å²) in [6.45, 7) is 3.11. The first-order valence-electron chi connectivity index (χ1n) is 13.5. The van der Waals surface area contributed by atoms with Gasteiger partial charge in [-0.05, 0) is 48.8 Å². The highest BCUT2D eigenvalue weighted by Crippen LogP contribution is 2.39. The number of carbonyl (C=O) groups is 2. The summed E-state index contributed by atoms with van der Waals surface area (Å²) in [5.74, 6) is 1.13. The number of rotatable bonds is 6. The van der Waals surface area contributed by atoms with E-state index in [1.807, 2.05) is 6.07 Å². The van der Waals surface area contributed by atoms with Crippen LogP contribution < -0.4 is 25.4 Å². The number of nitrogens with one attached hydrogen (secondary N) is 1. The van der Waals surface area contributed by atoms with Gasteiger partial charge in [0, 0.05) is 38.5 Å². The van der Waals surface area contributed by atoms with Crippen molar-refractivity contribution >= 4 is 23.6 Å². The molecule has 1 atom stereocenters. The van der Waals surface area contributed by atoms with Gasteiger partial charge in [-0.3, -0.25) is 9.69 Å². The fourth-order valence-corrected chi connectivity index (χ4v) is 6.05. The van der Waals surface area contributed by atoms with E-state index >= 15 is 0 Å². The van der Waals surface area contributed by atoms with Gasteiger partial charge in [-0.15, -0.1) is 0 Å². The molecule has 0 radical (unpaired) electrons. The molecule has 3 aliphatic heterocycles. The molecule has 3 fully saturated rings.